The van der Waals surface area contributed by atoms with Crippen LogP contribution in [0.4, 0.5) is 0 Å². The van der Waals surface area contributed by atoms with Gasteiger partial charge in [-0.3, -0.25) is 4.79 Å². The molecule has 0 bridgehead atoms. The molecule has 0 N–H and O–H groups in total. The Morgan fingerprint density at radius 2 is 1.82 bits per heavy atom. The number of rotatable bonds is 6. The molecule has 0 aliphatic heterocycles. The van der Waals surface area contributed by atoms with Gasteiger partial charge < -0.3 is 10.9 Å². The van der Waals surface area contributed by atoms with Crippen molar-refractivity contribution in [1.29, 1.82) is 0 Å². The summed E-state index contributed by atoms with van der Waals surface area (Å²) in [4.78, 5) is 11.6. The first-order chi connectivity index (χ1) is 10.1. The van der Waals surface area contributed by atoms with Crippen molar-refractivity contribution in [2.75, 3.05) is 6.61 Å². The maximum absolute atomic E-state index is 11.6. The quantitative estimate of drug-likeness (QED) is 0.346. The smallest absolute Gasteiger partial charge is 1.00 e. The van der Waals surface area contributed by atoms with Gasteiger partial charge >= 0.3 is 35.5 Å². The van der Waals surface area contributed by atoms with Crippen molar-refractivity contribution >= 4 is 29.2 Å². The van der Waals surface area contributed by atoms with Gasteiger partial charge in [0.05, 0.1) is 11.6 Å². The van der Waals surface area contributed by atoms with Gasteiger partial charge in [-0.15, -0.1) is 0 Å². The maximum atomic E-state index is 11.6. The fourth-order valence-electron chi connectivity index (χ4n) is 1.66. The van der Waals surface area contributed by atoms with Crippen LogP contribution >= 0.6 is 23.2 Å². The van der Waals surface area contributed by atoms with Gasteiger partial charge in [-0.05, 0) is 36.8 Å². The van der Waals surface area contributed by atoms with Crippen LogP contribution in [0.3, 0.4) is 0 Å². The van der Waals surface area contributed by atoms with E-state index in [0.717, 1.165) is 0 Å². The van der Waals surface area contributed by atoms with E-state index < -0.39 is 0 Å². The van der Waals surface area contributed by atoms with Gasteiger partial charge in [-0.25, -0.2) is 0 Å². The molecular formula is C16H15Cl2NaO3. The zero-order valence-electron chi connectivity index (χ0n) is 13.2. The standard InChI is InChI=1S/C16H14Cl2O3.Na.H/c17-12-8-9-15(14(18)11-12)20-10-4-7-16(19)21-13-5-2-1-3-6-13;;/h1-3,5-6,8-9,11H,4,7,10H2;;/q;+1;-1. The number of esters is 1. The molecule has 0 amide bonds. The molecule has 0 saturated carbocycles. The minimum atomic E-state index is -0.285. The van der Waals surface area contributed by atoms with Gasteiger partial charge in [0.1, 0.15) is 11.5 Å². The first kappa shape index (κ1) is 19.3. The summed E-state index contributed by atoms with van der Waals surface area (Å²) in [6.07, 6.45) is 0.824. The van der Waals surface area contributed by atoms with Crippen LogP contribution in [0.5, 0.6) is 11.5 Å². The van der Waals surface area contributed by atoms with E-state index in [0.29, 0.717) is 34.6 Å². The molecule has 6 heteroatoms. The maximum Gasteiger partial charge on any atom is 1.00 e. The van der Waals surface area contributed by atoms with E-state index in [9.17, 15) is 4.79 Å². The molecule has 0 unspecified atom stereocenters. The van der Waals surface area contributed by atoms with E-state index in [4.69, 9.17) is 32.7 Å². The Bertz CT molecular complexity index is 612. The molecule has 0 spiro atoms. The summed E-state index contributed by atoms with van der Waals surface area (Å²) in [5, 5.41) is 1.01. The molecule has 0 radical (unpaired) electrons. The molecule has 22 heavy (non-hydrogen) atoms. The summed E-state index contributed by atoms with van der Waals surface area (Å²) >= 11 is 11.8. The molecule has 0 saturated heterocycles. The Morgan fingerprint density at radius 3 is 2.50 bits per heavy atom. The molecule has 112 valence electrons. The molecule has 3 nitrogen and oxygen atoms in total. The summed E-state index contributed by atoms with van der Waals surface area (Å²) < 4.78 is 10.7. The average Bonchev–Trinajstić information content (AvgIpc) is 2.46. The summed E-state index contributed by atoms with van der Waals surface area (Å²) in [7, 11) is 0. The normalized spacial score (nSPS) is 9.73. The van der Waals surface area contributed by atoms with Crippen LogP contribution in [-0.2, 0) is 4.79 Å². The van der Waals surface area contributed by atoms with E-state index in [2.05, 4.69) is 0 Å². The number of carbonyl (C=O) groups is 1. The zero-order valence-corrected chi connectivity index (χ0v) is 15.7. The Balaban J connectivity index is 0.00000242. The van der Waals surface area contributed by atoms with Crippen molar-refractivity contribution in [3.63, 3.8) is 0 Å². The number of benzene rings is 2. The molecule has 0 aromatic heterocycles. The Kier molecular flexibility index (Phi) is 8.91. The third-order valence-corrected chi connectivity index (χ3v) is 3.18. The number of ether oxygens (including phenoxy) is 2. The molecule has 0 fully saturated rings. The Hall–Kier alpha value is -0.710. The van der Waals surface area contributed by atoms with Crippen LogP contribution in [0.25, 0.3) is 0 Å². The number of hydrogen-bond acceptors (Lipinski definition) is 3. The van der Waals surface area contributed by atoms with Crippen LogP contribution < -0.4 is 39.0 Å². The summed E-state index contributed by atoms with van der Waals surface area (Å²) in [6.45, 7) is 0.380. The Labute approximate surface area is 163 Å². The van der Waals surface area contributed by atoms with Crippen molar-refractivity contribution in [2.24, 2.45) is 0 Å². The van der Waals surface area contributed by atoms with Crippen LogP contribution in [-0.4, -0.2) is 12.6 Å². The van der Waals surface area contributed by atoms with E-state index in [1.54, 1.807) is 30.3 Å². The van der Waals surface area contributed by atoms with Crippen LogP contribution in [0, 0.1) is 0 Å². The second kappa shape index (κ2) is 10.1. The van der Waals surface area contributed by atoms with Gasteiger partial charge in [0.15, 0.2) is 0 Å². The molecule has 2 aromatic rings. The summed E-state index contributed by atoms with van der Waals surface area (Å²) in [5.74, 6) is 0.814. The summed E-state index contributed by atoms with van der Waals surface area (Å²) in [5.41, 5.74) is 0. The van der Waals surface area contributed by atoms with Crippen LogP contribution in [0.1, 0.15) is 14.3 Å². The van der Waals surface area contributed by atoms with Crippen molar-refractivity contribution < 1.29 is 45.3 Å². The van der Waals surface area contributed by atoms with Gasteiger partial charge in [-0.2, -0.15) is 0 Å². The fraction of sp³-hybridized carbons (Fsp3) is 0.188. The van der Waals surface area contributed by atoms with E-state index in [1.807, 2.05) is 18.2 Å². The predicted octanol–water partition coefficient (Wildman–Crippen LogP) is 1.87. The third-order valence-electron chi connectivity index (χ3n) is 2.65. The van der Waals surface area contributed by atoms with Gasteiger partial charge in [-0.1, -0.05) is 41.4 Å². The van der Waals surface area contributed by atoms with Crippen molar-refractivity contribution in [1.82, 2.24) is 0 Å². The van der Waals surface area contributed by atoms with Crippen molar-refractivity contribution in [3.8, 4) is 11.5 Å². The molecular weight excluding hydrogens is 334 g/mol. The monoisotopic (exact) mass is 348 g/mol. The molecule has 2 rings (SSSR count). The largest absolute Gasteiger partial charge is 1.00 e. The minimum Gasteiger partial charge on any atom is -1.00 e. The fourth-order valence-corrected chi connectivity index (χ4v) is 2.12. The van der Waals surface area contributed by atoms with Crippen molar-refractivity contribution in [2.45, 2.75) is 12.8 Å². The number of halogens is 2. The number of carbonyl (C=O) groups excluding carboxylic acids is 1. The molecule has 0 aliphatic rings. The Morgan fingerprint density at radius 1 is 1.09 bits per heavy atom. The minimum absolute atomic E-state index is 0. The number of hydrogen-bond donors (Lipinski definition) is 0. The molecule has 0 atom stereocenters. The average molecular weight is 349 g/mol. The van der Waals surface area contributed by atoms with Gasteiger partial charge in [0.2, 0.25) is 0 Å². The zero-order chi connectivity index (χ0) is 15.1. The van der Waals surface area contributed by atoms with Crippen molar-refractivity contribution in [3.05, 3.63) is 58.6 Å². The molecule has 2 aromatic carbocycles. The van der Waals surface area contributed by atoms with E-state index in [1.165, 1.54) is 0 Å². The van der Waals surface area contributed by atoms with E-state index in [-0.39, 0.29) is 43.4 Å². The third kappa shape index (κ3) is 6.59. The molecule has 0 heterocycles. The van der Waals surface area contributed by atoms with Crippen LogP contribution in [0.15, 0.2) is 48.5 Å². The van der Waals surface area contributed by atoms with Gasteiger partial charge in [0, 0.05) is 11.4 Å². The van der Waals surface area contributed by atoms with E-state index >= 15 is 0 Å². The topological polar surface area (TPSA) is 35.5 Å². The first-order valence-corrected chi connectivity index (χ1v) is 7.24. The van der Waals surface area contributed by atoms with Crippen LogP contribution in [0.2, 0.25) is 10.0 Å². The second-order valence-corrected chi connectivity index (χ2v) is 5.16. The van der Waals surface area contributed by atoms with Gasteiger partial charge in [0.25, 0.3) is 0 Å². The number of para-hydroxylation sites is 1. The predicted molar refractivity (Wildman–Crippen MR) is 84.4 cm³/mol. The molecule has 0 aliphatic carbocycles. The first-order valence-electron chi connectivity index (χ1n) is 6.49. The SMILES string of the molecule is O=C(CCCOc1ccc(Cl)cc1Cl)Oc1ccccc1.[H-].[Na+]. The second-order valence-electron chi connectivity index (χ2n) is 4.31. The summed E-state index contributed by atoms with van der Waals surface area (Å²) in [6, 6.07) is 14.0.